The topological polar surface area (TPSA) is 65.0 Å². The van der Waals surface area contributed by atoms with E-state index in [1.54, 1.807) is 25.1 Å². The Kier molecular flexibility index (Phi) is 2.96. The summed E-state index contributed by atoms with van der Waals surface area (Å²) in [5, 5.41) is 9.77. The molecule has 1 atom stereocenters. The van der Waals surface area contributed by atoms with Gasteiger partial charge in [0.05, 0.1) is 6.61 Å². The Balaban J connectivity index is 2.27. The average Bonchev–Trinajstić information content (AvgIpc) is 2.76. The Hall–Kier alpha value is -1.75. The van der Waals surface area contributed by atoms with Crippen molar-refractivity contribution in [3.05, 3.63) is 23.8 Å². The van der Waals surface area contributed by atoms with Crippen LogP contribution in [0, 0.1) is 0 Å². The molecule has 0 saturated heterocycles. The molecule has 0 aromatic heterocycles. The second-order valence-electron chi connectivity index (χ2n) is 3.24. The number of aliphatic hydroxyl groups is 1. The summed E-state index contributed by atoms with van der Waals surface area (Å²) in [4.78, 5) is 11.4. The molecular formula is C11H12O5. The maximum Gasteiger partial charge on any atom is 0.339 e. The van der Waals surface area contributed by atoms with Gasteiger partial charge in [-0.1, -0.05) is 12.1 Å². The van der Waals surface area contributed by atoms with Crippen LogP contribution in [-0.2, 0) is 9.53 Å². The molecule has 0 spiro atoms. The van der Waals surface area contributed by atoms with Crippen molar-refractivity contribution in [2.24, 2.45) is 0 Å². The number of rotatable bonds is 3. The molecule has 1 aromatic rings. The molecule has 1 unspecified atom stereocenters. The highest BCUT2D eigenvalue weighted by molar-refractivity contribution is 5.78. The van der Waals surface area contributed by atoms with Crippen molar-refractivity contribution in [2.75, 3.05) is 13.4 Å². The standard InChI is InChI=1S/C11H12O5/c1-2-14-11(13)9(12)7-4-3-5-8-10(7)16-6-15-8/h3-5,9,12H,2,6H2,1H3. The summed E-state index contributed by atoms with van der Waals surface area (Å²) in [5.41, 5.74) is 0.369. The number of fused-ring (bicyclic) bond motifs is 1. The number of esters is 1. The molecule has 0 fully saturated rings. The van der Waals surface area contributed by atoms with Gasteiger partial charge in [0.2, 0.25) is 6.79 Å². The number of para-hydroxylation sites is 1. The third kappa shape index (κ3) is 1.81. The van der Waals surface area contributed by atoms with Crippen LogP contribution in [0.2, 0.25) is 0 Å². The van der Waals surface area contributed by atoms with E-state index in [9.17, 15) is 9.90 Å². The lowest BCUT2D eigenvalue weighted by atomic mass is 10.1. The highest BCUT2D eigenvalue weighted by Crippen LogP contribution is 2.38. The molecule has 86 valence electrons. The van der Waals surface area contributed by atoms with Gasteiger partial charge in [0, 0.05) is 5.56 Å². The SMILES string of the molecule is CCOC(=O)C(O)c1cccc2c1OCO2. The van der Waals surface area contributed by atoms with Crippen LogP contribution in [-0.4, -0.2) is 24.5 Å². The van der Waals surface area contributed by atoms with Gasteiger partial charge in [0.25, 0.3) is 0 Å². The van der Waals surface area contributed by atoms with Crippen LogP contribution in [0.1, 0.15) is 18.6 Å². The summed E-state index contributed by atoms with van der Waals surface area (Å²) in [7, 11) is 0. The molecule has 0 saturated carbocycles. The van der Waals surface area contributed by atoms with Gasteiger partial charge in [-0.3, -0.25) is 0 Å². The summed E-state index contributed by atoms with van der Waals surface area (Å²) >= 11 is 0. The normalized spacial score (nSPS) is 14.6. The first-order valence-electron chi connectivity index (χ1n) is 4.97. The monoisotopic (exact) mass is 224 g/mol. The predicted molar refractivity (Wildman–Crippen MR) is 54.2 cm³/mol. The highest BCUT2D eigenvalue weighted by atomic mass is 16.7. The van der Waals surface area contributed by atoms with E-state index in [-0.39, 0.29) is 13.4 Å². The van der Waals surface area contributed by atoms with Gasteiger partial charge in [-0.2, -0.15) is 0 Å². The number of carbonyl (C=O) groups excluding carboxylic acids is 1. The molecule has 1 aliphatic rings. The van der Waals surface area contributed by atoms with Gasteiger partial charge in [-0.15, -0.1) is 0 Å². The van der Waals surface area contributed by atoms with E-state index >= 15 is 0 Å². The number of ether oxygens (including phenoxy) is 3. The molecule has 0 bridgehead atoms. The van der Waals surface area contributed by atoms with Crippen molar-refractivity contribution in [3.8, 4) is 11.5 Å². The van der Waals surface area contributed by atoms with Crippen LogP contribution in [0.4, 0.5) is 0 Å². The maximum atomic E-state index is 11.4. The molecule has 1 heterocycles. The lowest BCUT2D eigenvalue weighted by molar-refractivity contribution is -0.153. The van der Waals surface area contributed by atoms with E-state index in [1.807, 2.05) is 0 Å². The predicted octanol–water partition coefficient (Wildman–Crippen LogP) is 1.01. The number of hydrogen-bond donors (Lipinski definition) is 1. The first-order valence-corrected chi connectivity index (χ1v) is 4.97. The maximum absolute atomic E-state index is 11.4. The van der Waals surface area contributed by atoms with Crippen molar-refractivity contribution >= 4 is 5.97 Å². The van der Waals surface area contributed by atoms with Crippen LogP contribution in [0.25, 0.3) is 0 Å². The largest absolute Gasteiger partial charge is 0.464 e. The third-order valence-electron chi connectivity index (χ3n) is 2.23. The van der Waals surface area contributed by atoms with Gasteiger partial charge >= 0.3 is 5.97 Å². The first-order chi connectivity index (χ1) is 7.74. The van der Waals surface area contributed by atoms with Gasteiger partial charge in [0.15, 0.2) is 17.6 Å². The van der Waals surface area contributed by atoms with Crippen LogP contribution < -0.4 is 9.47 Å². The van der Waals surface area contributed by atoms with Crippen molar-refractivity contribution < 1.29 is 24.1 Å². The molecule has 0 radical (unpaired) electrons. The Morgan fingerprint density at radius 3 is 3.12 bits per heavy atom. The van der Waals surface area contributed by atoms with Gasteiger partial charge in [0.1, 0.15) is 0 Å². The highest BCUT2D eigenvalue weighted by Gasteiger charge is 2.27. The smallest absolute Gasteiger partial charge is 0.339 e. The molecule has 1 aliphatic heterocycles. The van der Waals surface area contributed by atoms with Gasteiger partial charge in [-0.25, -0.2) is 4.79 Å². The first kappa shape index (κ1) is 10.8. The van der Waals surface area contributed by atoms with E-state index in [1.165, 1.54) is 0 Å². The molecule has 1 aromatic carbocycles. The van der Waals surface area contributed by atoms with Gasteiger partial charge < -0.3 is 19.3 Å². The molecule has 0 aliphatic carbocycles. The zero-order valence-corrected chi connectivity index (χ0v) is 8.80. The molecule has 1 N–H and O–H groups in total. The molecule has 16 heavy (non-hydrogen) atoms. The fourth-order valence-electron chi connectivity index (χ4n) is 1.52. The number of hydrogen-bond acceptors (Lipinski definition) is 5. The van der Waals surface area contributed by atoms with Crippen LogP contribution in [0.5, 0.6) is 11.5 Å². The zero-order chi connectivity index (χ0) is 11.5. The van der Waals surface area contributed by atoms with Crippen molar-refractivity contribution in [1.82, 2.24) is 0 Å². The lowest BCUT2D eigenvalue weighted by Crippen LogP contribution is -2.15. The quantitative estimate of drug-likeness (QED) is 0.776. The number of carbonyl (C=O) groups is 1. The molecule has 5 nitrogen and oxygen atoms in total. The number of aliphatic hydroxyl groups excluding tert-OH is 1. The Labute approximate surface area is 92.5 Å². The van der Waals surface area contributed by atoms with E-state index in [0.717, 1.165) is 0 Å². The van der Waals surface area contributed by atoms with E-state index in [2.05, 4.69) is 0 Å². The molecule has 5 heteroatoms. The Bertz CT molecular complexity index is 401. The third-order valence-corrected chi connectivity index (χ3v) is 2.23. The summed E-state index contributed by atoms with van der Waals surface area (Å²) in [5.74, 6) is 0.246. The second kappa shape index (κ2) is 4.40. The van der Waals surface area contributed by atoms with Crippen LogP contribution in [0.15, 0.2) is 18.2 Å². The Morgan fingerprint density at radius 1 is 1.56 bits per heavy atom. The summed E-state index contributed by atoms with van der Waals surface area (Å²) in [6.45, 7) is 2.00. The van der Waals surface area contributed by atoms with Crippen molar-refractivity contribution in [1.29, 1.82) is 0 Å². The summed E-state index contributed by atoms with van der Waals surface area (Å²) < 4.78 is 15.1. The second-order valence-corrected chi connectivity index (χ2v) is 3.24. The minimum absolute atomic E-state index is 0.0991. The van der Waals surface area contributed by atoms with Crippen molar-refractivity contribution in [2.45, 2.75) is 13.0 Å². The molecular weight excluding hydrogens is 212 g/mol. The van der Waals surface area contributed by atoms with E-state index in [0.29, 0.717) is 17.1 Å². The Morgan fingerprint density at radius 2 is 2.38 bits per heavy atom. The average molecular weight is 224 g/mol. The van der Waals surface area contributed by atoms with Crippen LogP contribution >= 0.6 is 0 Å². The minimum atomic E-state index is -1.34. The molecule has 0 amide bonds. The van der Waals surface area contributed by atoms with Gasteiger partial charge in [-0.05, 0) is 13.0 Å². The molecule has 2 rings (SSSR count). The fourth-order valence-corrected chi connectivity index (χ4v) is 1.52. The van der Waals surface area contributed by atoms with E-state index < -0.39 is 12.1 Å². The fraction of sp³-hybridized carbons (Fsp3) is 0.364. The number of benzene rings is 1. The van der Waals surface area contributed by atoms with Crippen LogP contribution in [0.3, 0.4) is 0 Å². The zero-order valence-electron chi connectivity index (χ0n) is 8.80. The lowest BCUT2D eigenvalue weighted by Gasteiger charge is -2.11. The minimum Gasteiger partial charge on any atom is -0.464 e. The summed E-state index contributed by atoms with van der Waals surface area (Å²) in [6, 6.07) is 5.00. The van der Waals surface area contributed by atoms with Crippen molar-refractivity contribution in [3.63, 3.8) is 0 Å². The van der Waals surface area contributed by atoms with E-state index in [4.69, 9.17) is 14.2 Å². The summed E-state index contributed by atoms with van der Waals surface area (Å²) in [6.07, 6.45) is -1.34.